The smallest absolute Gasteiger partial charge is 0.388 e. The number of hydrogen-bond acceptors (Lipinski definition) is 5. The molecule has 0 amide bonds. The Labute approximate surface area is 137 Å². The van der Waals surface area contributed by atoms with Crippen molar-refractivity contribution >= 4 is 17.3 Å². The Morgan fingerprint density at radius 3 is 2.78 bits per heavy atom. The van der Waals surface area contributed by atoms with Crippen LogP contribution in [0.5, 0.6) is 0 Å². The first-order chi connectivity index (χ1) is 11.0. The van der Waals surface area contributed by atoms with Crippen LogP contribution in [-0.2, 0) is 0 Å². The molecule has 4 N–H and O–H groups in total. The van der Waals surface area contributed by atoms with E-state index >= 15 is 0 Å². The van der Waals surface area contributed by atoms with Crippen molar-refractivity contribution in [2.75, 3.05) is 11.9 Å². The van der Waals surface area contributed by atoms with Crippen LogP contribution in [0.15, 0.2) is 21.3 Å². The standard InChI is InChI=1S/C15H18ClFN4O2/c16-13-11(17)5-9(14-20-21-15(22)23-14)6-12(13)19-7-8-1-3-10(18)4-2-8/h5-6,8,10,19H,1-4,7,18H2,(H,21,22). The maximum Gasteiger partial charge on any atom is 0.434 e. The van der Waals surface area contributed by atoms with Crippen molar-refractivity contribution in [1.29, 1.82) is 0 Å². The predicted molar refractivity (Wildman–Crippen MR) is 86.0 cm³/mol. The highest BCUT2D eigenvalue weighted by Crippen LogP contribution is 2.31. The summed E-state index contributed by atoms with van der Waals surface area (Å²) >= 11 is 6.02. The highest BCUT2D eigenvalue weighted by molar-refractivity contribution is 6.33. The zero-order valence-corrected chi connectivity index (χ0v) is 13.2. The summed E-state index contributed by atoms with van der Waals surface area (Å²) in [6.07, 6.45) is 4.10. The van der Waals surface area contributed by atoms with Crippen molar-refractivity contribution in [2.45, 2.75) is 31.7 Å². The lowest BCUT2D eigenvalue weighted by atomic mass is 9.86. The Balaban J connectivity index is 1.76. The van der Waals surface area contributed by atoms with E-state index in [0.717, 1.165) is 25.7 Å². The topological polar surface area (TPSA) is 96.9 Å². The maximum absolute atomic E-state index is 14.0. The Hall–Kier alpha value is -1.86. The Bertz CT molecular complexity index is 737. The average Bonchev–Trinajstić information content (AvgIpc) is 2.97. The molecule has 1 saturated carbocycles. The third-order valence-corrected chi connectivity index (χ3v) is 4.57. The van der Waals surface area contributed by atoms with Crippen molar-refractivity contribution in [1.82, 2.24) is 10.2 Å². The van der Waals surface area contributed by atoms with Gasteiger partial charge in [0.1, 0.15) is 5.82 Å². The molecule has 2 aromatic rings. The largest absolute Gasteiger partial charge is 0.434 e. The minimum atomic E-state index is -0.691. The number of H-pyrrole nitrogens is 1. The molecule has 0 saturated heterocycles. The summed E-state index contributed by atoms with van der Waals surface area (Å²) in [6.45, 7) is 0.694. The van der Waals surface area contributed by atoms with Gasteiger partial charge in [-0.1, -0.05) is 11.6 Å². The summed E-state index contributed by atoms with van der Waals surface area (Å²) in [4.78, 5) is 11.0. The average molecular weight is 341 g/mol. The minimum Gasteiger partial charge on any atom is -0.388 e. The highest BCUT2D eigenvalue weighted by atomic mass is 35.5. The summed E-state index contributed by atoms with van der Waals surface area (Å²) in [5.41, 5.74) is 6.70. The monoisotopic (exact) mass is 340 g/mol. The summed E-state index contributed by atoms with van der Waals surface area (Å²) in [5.74, 6) is -0.774. The zero-order chi connectivity index (χ0) is 16.4. The fourth-order valence-electron chi connectivity index (χ4n) is 2.84. The van der Waals surface area contributed by atoms with E-state index in [1.54, 1.807) is 6.07 Å². The molecular weight excluding hydrogens is 323 g/mol. The van der Waals surface area contributed by atoms with E-state index in [2.05, 4.69) is 15.5 Å². The van der Waals surface area contributed by atoms with Gasteiger partial charge in [0, 0.05) is 18.2 Å². The van der Waals surface area contributed by atoms with E-state index in [4.69, 9.17) is 21.8 Å². The van der Waals surface area contributed by atoms with E-state index in [1.807, 2.05) is 0 Å². The lowest BCUT2D eigenvalue weighted by Crippen LogP contribution is -2.29. The van der Waals surface area contributed by atoms with E-state index in [0.29, 0.717) is 23.7 Å². The van der Waals surface area contributed by atoms with Gasteiger partial charge in [-0.3, -0.25) is 0 Å². The summed E-state index contributed by atoms with van der Waals surface area (Å²) in [5, 5.41) is 9.05. The van der Waals surface area contributed by atoms with E-state index in [1.165, 1.54) is 6.07 Å². The third-order valence-electron chi connectivity index (χ3n) is 4.19. The number of nitrogens with zero attached hydrogens (tertiary/aromatic N) is 1. The number of aromatic amines is 1. The van der Waals surface area contributed by atoms with Crippen LogP contribution >= 0.6 is 11.6 Å². The van der Waals surface area contributed by atoms with Crippen LogP contribution in [0.3, 0.4) is 0 Å². The van der Waals surface area contributed by atoms with Gasteiger partial charge in [0.2, 0.25) is 5.89 Å². The van der Waals surface area contributed by atoms with Gasteiger partial charge in [-0.25, -0.2) is 14.3 Å². The first-order valence-electron chi connectivity index (χ1n) is 7.57. The molecule has 0 spiro atoms. The van der Waals surface area contributed by atoms with Gasteiger partial charge >= 0.3 is 5.76 Å². The van der Waals surface area contributed by atoms with Crippen LogP contribution in [0.2, 0.25) is 5.02 Å². The lowest BCUT2D eigenvalue weighted by molar-refractivity contribution is 0.339. The molecule has 0 bridgehead atoms. The number of rotatable bonds is 4. The lowest BCUT2D eigenvalue weighted by Gasteiger charge is -2.26. The molecule has 0 aliphatic heterocycles. The SMILES string of the molecule is NC1CCC(CNc2cc(-c3n[nH]c(=O)o3)cc(F)c2Cl)CC1. The molecule has 0 radical (unpaired) electrons. The van der Waals surface area contributed by atoms with Crippen LogP contribution in [0, 0.1) is 11.7 Å². The van der Waals surface area contributed by atoms with Crippen molar-refractivity contribution in [3.8, 4) is 11.5 Å². The normalized spacial score (nSPS) is 21.3. The van der Waals surface area contributed by atoms with Gasteiger partial charge in [0.15, 0.2) is 0 Å². The minimum absolute atomic E-state index is 0.0131. The number of halogens is 2. The van der Waals surface area contributed by atoms with Crippen molar-refractivity contribution in [3.05, 3.63) is 33.5 Å². The Morgan fingerprint density at radius 2 is 2.13 bits per heavy atom. The first-order valence-corrected chi connectivity index (χ1v) is 7.95. The van der Waals surface area contributed by atoms with Gasteiger partial charge < -0.3 is 15.5 Å². The molecule has 6 nitrogen and oxygen atoms in total. The van der Waals surface area contributed by atoms with Crippen molar-refractivity contribution in [2.24, 2.45) is 11.7 Å². The number of anilines is 1. The summed E-state index contributed by atoms with van der Waals surface area (Å²) in [7, 11) is 0. The van der Waals surface area contributed by atoms with E-state index in [9.17, 15) is 9.18 Å². The van der Waals surface area contributed by atoms with Crippen LogP contribution < -0.4 is 16.8 Å². The molecular formula is C15H18ClFN4O2. The molecule has 8 heteroatoms. The predicted octanol–water partition coefficient (Wildman–Crippen LogP) is 2.75. The Morgan fingerprint density at radius 1 is 1.39 bits per heavy atom. The van der Waals surface area contributed by atoms with E-state index in [-0.39, 0.29) is 17.0 Å². The molecule has 3 rings (SSSR count). The molecule has 23 heavy (non-hydrogen) atoms. The number of benzene rings is 1. The molecule has 0 atom stereocenters. The van der Waals surface area contributed by atoms with Gasteiger partial charge in [-0.15, -0.1) is 5.10 Å². The molecule has 0 unspecified atom stereocenters. The van der Waals surface area contributed by atoms with Crippen LogP contribution in [-0.4, -0.2) is 22.8 Å². The second-order valence-electron chi connectivity index (χ2n) is 5.90. The molecule has 1 aromatic carbocycles. The van der Waals surface area contributed by atoms with Crippen LogP contribution in [0.1, 0.15) is 25.7 Å². The molecule has 124 valence electrons. The third kappa shape index (κ3) is 3.73. The molecule has 1 heterocycles. The van der Waals surface area contributed by atoms with Gasteiger partial charge in [-0.05, 0) is 43.7 Å². The first kappa shape index (κ1) is 16.0. The van der Waals surface area contributed by atoms with Gasteiger partial charge in [0.05, 0.1) is 10.7 Å². The Kier molecular flexibility index (Phi) is 4.68. The number of hydrogen-bond donors (Lipinski definition) is 3. The molecule has 1 aliphatic rings. The molecule has 1 aliphatic carbocycles. The number of aromatic nitrogens is 2. The quantitative estimate of drug-likeness (QED) is 0.795. The summed E-state index contributed by atoms with van der Waals surface area (Å²) in [6, 6.07) is 3.10. The molecule has 1 aromatic heterocycles. The van der Waals surface area contributed by atoms with Crippen molar-refractivity contribution < 1.29 is 8.81 Å². The second kappa shape index (κ2) is 6.72. The van der Waals surface area contributed by atoms with Crippen LogP contribution in [0.4, 0.5) is 10.1 Å². The fourth-order valence-corrected chi connectivity index (χ4v) is 3.02. The van der Waals surface area contributed by atoms with Gasteiger partial charge in [0.25, 0.3) is 0 Å². The zero-order valence-electron chi connectivity index (χ0n) is 12.4. The summed E-state index contributed by atoms with van der Waals surface area (Å²) < 4.78 is 18.9. The highest BCUT2D eigenvalue weighted by Gasteiger charge is 2.19. The van der Waals surface area contributed by atoms with E-state index < -0.39 is 11.6 Å². The maximum atomic E-state index is 14.0. The van der Waals surface area contributed by atoms with Crippen LogP contribution in [0.25, 0.3) is 11.5 Å². The second-order valence-corrected chi connectivity index (χ2v) is 6.28. The van der Waals surface area contributed by atoms with Crippen molar-refractivity contribution in [3.63, 3.8) is 0 Å². The number of nitrogens with two attached hydrogens (primary N) is 1. The fraction of sp³-hybridized carbons (Fsp3) is 0.467. The molecule has 1 fully saturated rings. The number of nitrogens with one attached hydrogen (secondary N) is 2. The van der Waals surface area contributed by atoms with Gasteiger partial charge in [-0.2, -0.15) is 0 Å².